The predicted octanol–water partition coefficient (Wildman–Crippen LogP) is 3.44. The van der Waals surface area contributed by atoms with E-state index in [0.29, 0.717) is 18.8 Å². The van der Waals surface area contributed by atoms with Gasteiger partial charge in [0.25, 0.3) is 0 Å². The highest BCUT2D eigenvalue weighted by Gasteiger charge is 2.22. The molecule has 1 saturated carbocycles. The van der Waals surface area contributed by atoms with Crippen molar-refractivity contribution in [2.24, 2.45) is 0 Å². The van der Waals surface area contributed by atoms with E-state index in [1.165, 1.54) is 17.7 Å². The maximum Gasteiger partial charge on any atom is 0.182 e. The number of nitrogens with one attached hydrogen (secondary N) is 1. The largest absolute Gasteiger partial charge is 0.381 e. The van der Waals surface area contributed by atoms with Crippen LogP contribution in [-0.4, -0.2) is 30.8 Å². The van der Waals surface area contributed by atoms with E-state index < -0.39 is 0 Å². The van der Waals surface area contributed by atoms with Crippen LogP contribution in [0, 0.1) is 0 Å². The fourth-order valence-electron chi connectivity index (χ4n) is 2.36. The molecular weight excluding hydrogens is 260 g/mol. The summed E-state index contributed by atoms with van der Waals surface area (Å²) >= 11 is 1.69. The van der Waals surface area contributed by atoms with Gasteiger partial charge in [0.05, 0.1) is 23.7 Å². The van der Waals surface area contributed by atoms with Gasteiger partial charge >= 0.3 is 0 Å². The van der Waals surface area contributed by atoms with Gasteiger partial charge in [-0.3, -0.25) is 0 Å². The van der Waals surface area contributed by atoms with Crippen molar-refractivity contribution in [3.63, 3.8) is 0 Å². The van der Waals surface area contributed by atoms with Crippen molar-refractivity contribution in [3.8, 4) is 0 Å². The highest BCUT2D eigenvalue weighted by molar-refractivity contribution is 7.15. The average molecular weight is 284 g/mol. The van der Waals surface area contributed by atoms with Gasteiger partial charge in [-0.25, -0.2) is 4.98 Å². The lowest BCUT2D eigenvalue weighted by atomic mass is 9.95. The topological polar surface area (TPSA) is 43.4 Å². The smallest absolute Gasteiger partial charge is 0.182 e. The Hall–Kier alpha value is -0.650. The molecule has 5 heteroatoms. The van der Waals surface area contributed by atoms with Crippen LogP contribution in [0.25, 0.3) is 0 Å². The van der Waals surface area contributed by atoms with Crippen molar-refractivity contribution in [2.45, 2.75) is 57.8 Å². The van der Waals surface area contributed by atoms with Gasteiger partial charge in [-0.15, -0.1) is 0 Å². The Morgan fingerprint density at radius 2 is 2.26 bits per heavy atom. The second kappa shape index (κ2) is 7.82. The van der Waals surface area contributed by atoms with Crippen molar-refractivity contribution in [1.29, 1.82) is 0 Å². The number of methoxy groups -OCH3 is 1. The zero-order valence-corrected chi connectivity index (χ0v) is 12.7. The minimum atomic E-state index is 0.341. The molecule has 0 bridgehead atoms. The van der Waals surface area contributed by atoms with E-state index in [2.05, 4.69) is 17.2 Å². The highest BCUT2D eigenvalue weighted by atomic mass is 32.1. The van der Waals surface area contributed by atoms with Gasteiger partial charge in [0, 0.05) is 19.9 Å². The molecule has 1 aliphatic rings. The third-order valence-electron chi connectivity index (χ3n) is 3.45. The zero-order chi connectivity index (χ0) is 13.5. The van der Waals surface area contributed by atoms with Crippen molar-refractivity contribution in [2.75, 3.05) is 19.0 Å². The number of thiazole rings is 1. The summed E-state index contributed by atoms with van der Waals surface area (Å²) in [4.78, 5) is 5.54. The Morgan fingerprint density at radius 1 is 1.42 bits per heavy atom. The van der Waals surface area contributed by atoms with Gasteiger partial charge in [0.15, 0.2) is 5.13 Å². The van der Waals surface area contributed by atoms with Gasteiger partial charge in [-0.2, -0.15) is 0 Å². The molecule has 0 amide bonds. The molecular formula is C14H24N2O2S. The number of nitrogens with zero attached hydrogens (tertiary/aromatic N) is 1. The molecule has 4 nitrogen and oxygen atoms in total. The molecule has 1 N–H and O–H groups in total. The lowest BCUT2D eigenvalue weighted by Crippen LogP contribution is -2.27. The molecule has 1 aliphatic carbocycles. The SMILES string of the molecule is CCCNc1ncc(COC2CCCC(OC)C2)s1. The van der Waals surface area contributed by atoms with Gasteiger partial charge in [-0.1, -0.05) is 18.3 Å². The molecule has 108 valence electrons. The van der Waals surface area contributed by atoms with Gasteiger partial charge in [0.1, 0.15) is 0 Å². The zero-order valence-electron chi connectivity index (χ0n) is 11.9. The molecule has 1 aromatic heterocycles. The Labute approximate surface area is 119 Å². The second-order valence-corrected chi connectivity index (χ2v) is 6.13. The van der Waals surface area contributed by atoms with Crippen molar-refractivity contribution in [1.82, 2.24) is 4.98 Å². The lowest BCUT2D eigenvalue weighted by Gasteiger charge is -2.27. The van der Waals surface area contributed by atoms with Crippen LogP contribution in [0.2, 0.25) is 0 Å². The molecule has 2 atom stereocenters. The van der Waals surface area contributed by atoms with Crippen LogP contribution in [0.4, 0.5) is 5.13 Å². The van der Waals surface area contributed by atoms with Crippen LogP contribution in [-0.2, 0) is 16.1 Å². The van der Waals surface area contributed by atoms with E-state index in [4.69, 9.17) is 9.47 Å². The number of aromatic nitrogens is 1. The van der Waals surface area contributed by atoms with Crippen molar-refractivity contribution < 1.29 is 9.47 Å². The molecule has 0 aliphatic heterocycles. The summed E-state index contributed by atoms with van der Waals surface area (Å²) in [6.07, 6.45) is 8.30. The number of ether oxygens (including phenoxy) is 2. The second-order valence-electron chi connectivity index (χ2n) is 5.02. The van der Waals surface area contributed by atoms with Gasteiger partial charge in [-0.05, 0) is 32.1 Å². The summed E-state index contributed by atoms with van der Waals surface area (Å²) in [7, 11) is 1.79. The molecule has 0 saturated heterocycles. The van der Waals surface area contributed by atoms with Crippen LogP contribution < -0.4 is 5.32 Å². The van der Waals surface area contributed by atoms with Crippen LogP contribution in [0.3, 0.4) is 0 Å². The first-order valence-corrected chi connectivity index (χ1v) is 7.96. The standard InChI is InChI=1S/C14H24N2O2S/c1-3-7-15-14-16-9-13(19-14)10-18-12-6-4-5-11(8-12)17-2/h9,11-12H,3-8,10H2,1-2H3,(H,15,16). The molecule has 19 heavy (non-hydrogen) atoms. The Bertz CT molecular complexity index is 370. The molecule has 2 unspecified atom stereocenters. The summed E-state index contributed by atoms with van der Waals surface area (Å²) in [5.74, 6) is 0. The van der Waals surface area contributed by atoms with E-state index in [1.807, 2.05) is 6.20 Å². The first-order valence-electron chi connectivity index (χ1n) is 7.14. The van der Waals surface area contributed by atoms with Crippen LogP contribution >= 0.6 is 11.3 Å². The van der Waals surface area contributed by atoms with E-state index in [0.717, 1.165) is 30.9 Å². The summed E-state index contributed by atoms with van der Waals surface area (Å²) in [6.45, 7) is 3.80. The molecule has 1 heterocycles. The number of hydrogen-bond acceptors (Lipinski definition) is 5. The average Bonchev–Trinajstić information content (AvgIpc) is 2.91. The summed E-state index contributed by atoms with van der Waals surface area (Å²) in [6, 6.07) is 0. The van der Waals surface area contributed by atoms with Crippen molar-refractivity contribution in [3.05, 3.63) is 11.1 Å². The molecule has 1 aromatic rings. The van der Waals surface area contributed by atoms with Crippen LogP contribution in [0.1, 0.15) is 43.9 Å². The molecule has 1 fully saturated rings. The first-order chi connectivity index (χ1) is 9.31. The molecule has 0 spiro atoms. The quantitative estimate of drug-likeness (QED) is 0.833. The minimum absolute atomic E-state index is 0.341. The monoisotopic (exact) mass is 284 g/mol. The summed E-state index contributed by atoms with van der Waals surface area (Å²) < 4.78 is 11.4. The first kappa shape index (κ1) is 14.8. The minimum Gasteiger partial charge on any atom is -0.381 e. The Morgan fingerprint density at radius 3 is 3.05 bits per heavy atom. The fraction of sp³-hybridized carbons (Fsp3) is 0.786. The van der Waals surface area contributed by atoms with Crippen molar-refractivity contribution >= 4 is 16.5 Å². The third kappa shape index (κ3) is 4.75. The van der Waals surface area contributed by atoms with Gasteiger partial charge < -0.3 is 14.8 Å². The predicted molar refractivity (Wildman–Crippen MR) is 78.7 cm³/mol. The maximum atomic E-state index is 5.98. The van der Waals surface area contributed by atoms with Crippen LogP contribution in [0.15, 0.2) is 6.20 Å². The summed E-state index contributed by atoms with van der Waals surface area (Å²) in [5.41, 5.74) is 0. The van der Waals surface area contributed by atoms with E-state index in [1.54, 1.807) is 18.4 Å². The highest BCUT2D eigenvalue weighted by Crippen LogP contribution is 2.25. The van der Waals surface area contributed by atoms with E-state index in [-0.39, 0.29) is 0 Å². The molecule has 2 rings (SSSR count). The number of anilines is 1. The fourth-order valence-corrected chi connectivity index (χ4v) is 3.12. The molecule has 0 aromatic carbocycles. The van der Waals surface area contributed by atoms with Gasteiger partial charge in [0.2, 0.25) is 0 Å². The Kier molecular flexibility index (Phi) is 6.07. The van der Waals surface area contributed by atoms with Crippen LogP contribution in [0.5, 0.6) is 0 Å². The third-order valence-corrected chi connectivity index (χ3v) is 4.38. The molecule has 0 radical (unpaired) electrons. The maximum absolute atomic E-state index is 5.98. The Balaban J connectivity index is 1.73. The van der Waals surface area contributed by atoms with E-state index >= 15 is 0 Å². The normalized spacial score (nSPS) is 23.5. The number of rotatable bonds is 7. The van der Waals surface area contributed by atoms with E-state index in [9.17, 15) is 0 Å². The number of hydrogen-bond donors (Lipinski definition) is 1. The lowest BCUT2D eigenvalue weighted by molar-refractivity contribution is -0.0356. The summed E-state index contributed by atoms with van der Waals surface area (Å²) in [5, 5.41) is 4.30.